The lowest BCUT2D eigenvalue weighted by atomic mass is 9.99. The van der Waals surface area contributed by atoms with Crippen molar-refractivity contribution in [3.8, 4) is 5.75 Å². The van der Waals surface area contributed by atoms with Crippen LogP contribution < -0.4 is 4.74 Å². The van der Waals surface area contributed by atoms with Gasteiger partial charge >= 0.3 is 0 Å². The molecule has 0 spiro atoms. The molecule has 0 heterocycles. The molecule has 17 heavy (non-hydrogen) atoms. The number of hydrogen-bond acceptors (Lipinski definition) is 2. The summed E-state index contributed by atoms with van der Waals surface area (Å²) in [4.78, 5) is 0. The van der Waals surface area contributed by atoms with Crippen LogP contribution in [0.4, 0.5) is 0 Å². The summed E-state index contributed by atoms with van der Waals surface area (Å²) in [6.07, 6.45) is 0.819. The van der Waals surface area contributed by atoms with Crippen LogP contribution in [0.15, 0.2) is 24.3 Å². The molecule has 0 amide bonds. The molecule has 2 nitrogen and oxygen atoms in total. The molecule has 0 saturated heterocycles. The standard InChI is InChI=1S/C15H22O2/c1-10(2)17-13-8-6-5-7-11(13)14(16)12-9-15(12,3)4/h5-8,10,12,14,16H,9H2,1-4H3. The van der Waals surface area contributed by atoms with Gasteiger partial charge in [-0.2, -0.15) is 0 Å². The van der Waals surface area contributed by atoms with Crippen LogP contribution in [-0.2, 0) is 0 Å². The first-order valence-electron chi connectivity index (χ1n) is 6.35. The van der Waals surface area contributed by atoms with E-state index in [9.17, 15) is 5.11 Å². The maximum atomic E-state index is 10.4. The molecular weight excluding hydrogens is 212 g/mol. The summed E-state index contributed by atoms with van der Waals surface area (Å²) in [6, 6.07) is 7.82. The fraction of sp³-hybridized carbons (Fsp3) is 0.600. The Balaban J connectivity index is 2.20. The molecule has 2 heteroatoms. The molecule has 1 fully saturated rings. The van der Waals surface area contributed by atoms with Crippen molar-refractivity contribution in [2.24, 2.45) is 11.3 Å². The lowest BCUT2D eigenvalue weighted by molar-refractivity contribution is 0.130. The highest BCUT2D eigenvalue weighted by Crippen LogP contribution is 2.58. The van der Waals surface area contributed by atoms with E-state index in [2.05, 4.69) is 13.8 Å². The molecule has 1 aliphatic rings. The van der Waals surface area contributed by atoms with Gasteiger partial charge in [-0.3, -0.25) is 0 Å². The number of benzene rings is 1. The minimum atomic E-state index is -0.403. The Morgan fingerprint density at radius 1 is 1.29 bits per heavy atom. The van der Waals surface area contributed by atoms with E-state index in [1.54, 1.807) is 0 Å². The van der Waals surface area contributed by atoms with Crippen molar-refractivity contribution in [3.05, 3.63) is 29.8 Å². The Hall–Kier alpha value is -1.02. The zero-order valence-electron chi connectivity index (χ0n) is 11.1. The van der Waals surface area contributed by atoms with E-state index in [0.29, 0.717) is 5.92 Å². The fourth-order valence-electron chi connectivity index (χ4n) is 2.35. The van der Waals surface area contributed by atoms with Crippen LogP contribution in [0.5, 0.6) is 5.75 Å². The highest BCUT2D eigenvalue weighted by Gasteiger charge is 2.50. The number of para-hydroxylation sites is 1. The van der Waals surface area contributed by atoms with Crippen LogP contribution in [0.3, 0.4) is 0 Å². The summed E-state index contributed by atoms with van der Waals surface area (Å²) in [5, 5.41) is 10.4. The van der Waals surface area contributed by atoms with E-state index >= 15 is 0 Å². The minimum absolute atomic E-state index is 0.135. The van der Waals surface area contributed by atoms with Gasteiger partial charge < -0.3 is 9.84 Å². The molecule has 1 saturated carbocycles. The summed E-state index contributed by atoms with van der Waals surface area (Å²) in [5.74, 6) is 1.18. The second-order valence-corrected chi connectivity index (χ2v) is 5.95. The summed E-state index contributed by atoms with van der Waals surface area (Å²) in [6.45, 7) is 8.41. The lowest BCUT2D eigenvalue weighted by Crippen LogP contribution is -2.11. The highest BCUT2D eigenvalue weighted by atomic mass is 16.5. The third kappa shape index (κ3) is 2.63. The minimum Gasteiger partial charge on any atom is -0.491 e. The second-order valence-electron chi connectivity index (χ2n) is 5.95. The first kappa shape index (κ1) is 12.4. The zero-order chi connectivity index (χ0) is 12.6. The topological polar surface area (TPSA) is 29.5 Å². The third-order valence-electron chi connectivity index (χ3n) is 3.57. The van der Waals surface area contributed by atoms with Crippen molar-refractivity contribution in [1.82, 2.24) is 0 Å². The van der Waals surface area contributed by atoms with Crippen molar-refractivity contribution in [3.63, 3.8) is 0 Å². The van der Waals surface area contributed by atoms with Gasteiger partial charge in [0.05, 0.1) is 12.2 Å². The van der Waals surface area contributed by atoms with Crippen LogP contribution in [0.25, 0.3) is 0 Å². The van der Waals surface area contributed by atoms with E-state index in [-0.39, 0.29) is 11.5 Å². The molecule has 0 aliphatic heterocycles. The fourth-order valence-corrected chi connectivity index (χ4v) is 2.35. The predicted octanol–water partition coefficient (Wildman–Crippen LogP) is 3.55. The smallest absolute Gasteiger partial charge is 0.125 e. The van der Waals surface area contributed by atoms with Gasteiger partial charge in [-0.1, -0.05) is 32.0 Å². The van der Waals surface area contributed by atoms with Crippen LogP contribution in [0.1, 0.15) is 45.8 Å². The van der Waals surface area contributed by atoms with E-state index in [1.165, 1.54) is 0 Å². The molecule has 2 rings (SSSR count). The Morgan fingerprint density at radius 3 is 2.41 bits per heavy atom. The molecule has 1 aromatic rings. The Bertz CT molecular complexity index is 396. The molecule has 1 aliphatic carbocycles. The summed E-state index contributed by atoms with van der Waals surface area (Å²) in [7, 11) is 0. The first-order chi connectivity index (χ1) is 7.92. The van der Waals surface area contributed by atoms with Crippen LogP contribution in [0, 0.1) is 11.3 Å². The molecule has 0 radical (unpaired) electrons. The van der Waals surface area contributed by atoms with Gasteiger partial charge in [-0.05, 0) is 37.7 Å². The van der Waals surface area contributed by atoms with Gasteiger partial charge in [0.2, 0.25) is 0 Å². The van der Waals surface area contributed by atoms with Gasteiger partial charge in [0.25, 0.3) is 0 Å². The first-order valence-corrected chi connectivity index (χ1v) is 6.35. The van der Waals surface area contributed by atoms with Crippen LogP contribution in [-0.4, -0.2) is 11.2 Å². The van der Waals surface area contributed by atoms with Crippen molar-refractivity contribution in [2.45, 2.75) is 46.3 Å². The molecule has 94 valence electrons. The van der Waals surface area contributed by atoms with Crippen molar-refractivity contribution < 1.29 is 9.84 Å². The quantitative estimate of drug-likeness (QED) is 0.863. The second kappa shape index (κ2) is 4.34. The third-order valence-corrected chi connectivity index (χ3v) is 3.57. The lowest BCUT2D eigenvalue weighted by Gasteiger charge is -2.19. The maximum absolute atomic E-state index is 10.4. The number of hydrogen-bond donors (Lipinski definition) is 1. The molecule has 1 N–H and O–H groups in total. The Morgan fingerprint density at radius 2 is 1.88 bits per heavy atom. The SMILES string of the molecule is CC(C)Oc1ccccc1C(O)C1CC1(C)C. The molecule has 1 aromatic carbocycles. The molecule has 2 unspecified atom stereocenters. The largest absolute Gasteiger partial charge is 0.491 e. The number of aliphatic hydroxyl groups excluding tert-OH is 1. The van der Waals surface area contributed by atoms with Crippen molar-refractivity contribution in [1.29, 1.82) is 0 Å². The Labute approximate surface area is 104 Å². The summed E-state index contributed by atoms with van der Waals surface area (Å²) >= 11 is 0. The van der Waals surface area contributed by atoms with E-state index < -0.39 is 6.10 Å². The van der Waals surface area contributed by atoms with Crippen LogP contribution in [0.2, 0.25) is 0 Å². The summed E-state index contributed by atoms with van der Waals surface area (Å²) < 4.78 is 5.75. The summed E-state index contributed by atoms with van der Waals surface area (Å²) in [5.41, 5.74) is 1.20. The number of rotatable bonds is 4. The number of aliphatic hydroxyl groups is 1. The average molecular weight is 234 g/mol. The number of ether oxygens (including phenoxy) is 1. The van der Waals surface area contributed by atoms with Crippen molar-refractivity contribution in [2.75, 3.05) is 0 Å². The monoisotopic (exact) mass is 234 g/mol. The highest BCUT2D eigenvalue weighted by molar-refractivity contribution is 5.36. The van der Waals surface area contributed by atoms with Crippen LogP contribution >= 0.6 is 0 Å². The normalized spacial score (nSPS) is 23.5. The van der Waals surface area contributed by atoms with Gasteiger partial charge in [0.15, 0.2) is 0 Å². The zero-order valence-corrected chi connectivity index (χ0v) is 11.1. The molecule has 0 bridgehead atoms. The molecule has 0 aromatic heterocycles. The van der Waals surface area contributed by atoms with Gasteiger partial charge in [0.1, 0.15) is 5.75 Å². The van der Waals surface area contributed by atoms with E-state index in [4.69, 9.17) is 4.74 Å². The predicted molar refractivity (Wildman–Crippen MR) is 69.1 cm³/mol. The van der Waals surface area contributed by atoms with E-state index in [0.717, 1.165) is 17.7 Å². The Kier molecular flexibility index (Phi) is 3.17. The van der Waals surface area contributed by atoms with Crippen molar-refractivity contribution >= 4 is 0 Å². The average Bonchev–Trinajstić information content (AvgIpc) is 2.87. The van der Waals surface area contributed by atoms with Gasteiger partial charge in [-0.25, -0.2) is 0 Å². The molecular formula is C15H22O2. The maximum Gasteiger partial charge on any atom is 0.125 e. The van der Waals surface area contributed by atoms with E-state index in [1.807, 2.05) is 38.1 Å². The van der Waals surface area contributed by atoms with Gasteiger partial charge in [-0.15, -0.1) is 0 Å². The molecule has 2 atom stereocenters. The van der Waals surface area contributed by atoms with Gasteiger partial charge in [0, 0.05) is 5.56 Å².